The Morgan fingerprint density at radius 1 is 1.41 bits per heavy atom. The normalized spacial score (nSPS) is 14.8. The molecule has 88 valence electrons. The van der Waals surface area contributed by atoms with Gasteiger partial charge in [0.15, 0.2) is 0 Å². The fourth-order valence-electron chi connectivity index (χ4n) is 1.82. The van der Waals surface area contributed by atoms with Gasteiger partial charge in [-0.2, -0.15) is 5.26 Å². The van der Waals surface area contributed by atoms with E-state index >= 15 is 0 Å². The number of amides is 1. The van der Waals surface area contributed by atoms with E-state index in [4.69, 9.17) is 5.26 Å². The molecule has 1 N–H and O–H groups in total. The Bertz CT molecular complexity index is 420. The molecule has 1 aliphatic rings. The molecule has 0 aliphatic carbocycles. The topological polar surface area (TPSA) is 56.1 Å². The van der Waals surface area contributed by atoms with Crippen LogP contribution in [-0.4, -0.2) is 30.4 Å². The van der Waals surface area contributed by atoms with Crippen molar-refractivity contribution in [3.63, 3.8) is 0 Å². The molecule has 17 heavy (non-hydrogen) atoms. The summed E-state index contributed by atoms with van der Waals surface area (Å²) < 4.78 is 0. The highest BCUT2D eigenvalue weighted by molar-refractivity contribution is 5.80. The average Bonchev–Trinajstić information content (AvgIpc) is 2.27. The van der Waals surface area contributed by atoms with Crippen molar-refractivity contribution in [1.82, 2.24) is 10.2 Å². The molecule has 1 aliphatic heterocycles. The van der Waals surface area contributed by atoms with Gasteiger partial charge in [0, 0.05) is 19.6 Å². The van der Waals surface area contributed by atoms with E-state index in [0.29, 0.717) is 6.54 Å². The molecule has 1 fully saturated rings. The molecular formula is C13H15N3O. The van der Waals surface area contributed by atoms with Gasteiger partial charge in [0.1, 0.15) is 6.54 Å². The van der Waals surface area contributed by atoms with E-state index in [1.54, 1.807) is 4.90 Å². The molecule has 0 atom stereocenters. The number of nitrogens with zero attached hydrogens (tertiary/aromatic N) is 2. The summed E-state index contributed by atoms with van der Waals surface area (Å²) in [6, 6.07) is 11.8. The zero-order chi connectivity index (χ0) is 12.1. The summed E-state index contributed by atoms with van der Waals surface area (Å²) in [5.41, 5.74) is 1.06. The van der Waals surface area contributed by atoms with Crippen LogP contribution in [0.2, 0.25) is 0 Å². The maximum atomic E-state index is 12.1. The van der Waals surface area contributed by atoms with Crippen molar-refractivity contribution >= 4 is 5.91 Å². The highest BCUT2D eigenvalue weighted by Crippen LogP contribution is 2.11. The van der Waals surface area contributed by atoms with Crippen molar-refractivity contribution in [2.75, 3.05) is 19.6 Å². The molecule has 1 saturated heterocycles. The first kappa shape index (κ1) is 11.6. The number of benzene rings is 1. The third-order valence-corrected chi connectivity index (χ3v) is 2.92. The van der Waals surface area contributed by atoms with Crippen LogP contribution in [0.15, 0.2) is 30.3 Å². The summed E-state index contributed by atoms with van der Waals surface area (Å²) in [7, 11) is 0. The lowest BCUT2D eigenvalue weighted by molar-refractivity contribution is -0.137. The molecule has 0 bridgehead atoms. The second-order valence-electron chi connectivity index (χ2n) is 4.19. The molecule has 2 rings (SSSR count). The summed E-state index contributed by atoms with van der Waals surface area (Å²) >= 11 is 0. The Kier molecular flexibility index (Phi) is 3.73. The quantitative estimate of drug-likeness (QED) is 0.775. The minimum absolute atomic E-state index is 0.0482. The van der Waals surface area contributed by atoms with Gasteiger partial charge >= 0.3 is 0 Å². The summed E-state index contributed by atoms with van der Waals surface area (Å²) in [6.45, 7) is 2.14. The molecule has 1 amide bonds. The lowest BCUT2D eigenvalue weighted by Crippen LogP contribution is -2.51. The van der Waals surface area contributed by atoms with E-state index in [1.807, 2.05) is 30.3 Å². The lowest BCUT2D eigenvalue weighted by Gasteiger charge is -2.31. The lowest BCUT2D eigenvalue weighted by atomic mass is 10.0. The highest BCUT2D eigenvalue weighted by atomic mass is 16.2. The van der Waals surface area contributed by atoms with E-state index in [2.05, 4.69) is 11.4 Å². The number of hydrogen-bond donors (Lipinski definition) is 1. The molecule has 1 aromatic carbocycles. The van der Waals surface area contributed by atoms with Gasteiger partial charge in [-0.25, -0.2) is 0 Å². The largest absolute Gasteiger partial charge is 0.325 e. The molecule has 0 spiro atoms. The van der Waals surface area contributed by atoms with Crippen LogP contribution < -0.4 is 5.32 Å². The smallest absolute Gasteiger partial charge is 0.229 e. The molecule has 1 heterocycles. The monoisotopic (exact) mass is 229 g/mol. The van der Waals surface area contributed by atoms with Crippen LogP contribution in [0, 0.1) is 17.2 Å². The fraction of sp³-hybridized carbons (Fsp3) is 0.385. The average molecular weight is 229 g/mol. The third kappa shape index (κ3) is 2.83. The van der Waals surface area contributed by atoms with Gasteiger partial charge in [-0.05, 0) is 5.56 Å². The van der Waals surface area contributed by atoms with Crippen molar-refractivity contribution in [3.05, 3.63) is 35.9 Å². The summed E-state index contributed by atoms with van der Waals surface area (Å²) in [6.07, 6.45) is 0. The molecule has 0 saturated carbocycles. The Labute approximate surface area is 101 Å². The first-order valence-corrected chi connectivity index (χ1v) is 5.71. The Morgan fingerprint density at radius 2 is 2.12 bits per heavy atom. The molecule has 0 radical (unpaired) electrons. The van der Waals surface area contributed by atoms with E-state index in [-0.39, 0.29) is 18.4 Å². The van der Waals surface area contributed by atoms with E-state index < -0.39 is 0 Å². The highest BCUT2D eigenvalue weighted by Gasteiger charge is 2.29. The Hall–Kier alpha value is -1.86. The van der Waals surface area contributed by atoms with E-state index in [9.17, 15) is 4.79 Å². The van der Waals surface area contributed by atoms with Gasteiger partial charge in [-0.1, -0.05) is 30.3 Å². The maximum Gasteiger partial charge on any atom is 0.229 e. The first-order chi connectivity index (χ1) is 8.31. The second-order valence-corrected chi connectivity index (χ2v) is 4.19. The van der Waals surface area contributed by atoms with Crippen LogP contribution in [0.25, 0.3) is 0 Å². The van der Waals surface area contributed by atoms with Crippen LogP contribution in [0.5, 0.6) is 0 Å². The van der Waals surface area contributed by atoms with Crippen molar-refractivity contribution < 1.29 is 4.79 Å². The van der Waals surface area contributed by atoms with Gasteiger partial charge in [-0.3, -0.25) is 4.79 Å². The predicted octanol–water partition coefficient (Wildman–Crippen LogP) is 0.758. The number of hydrogen-bond acceptors (Lipinski definition) is 3. The Balaban J connectivity index is 2.02. The number of carbonyl (C=O) groups is 1. The minimum atomic E-state index is 0.0482. The number of nitrogens with one attached hydrogen (secondary N) is 1. The molecule has 1 aromatic rings. The fourth-order valence-corrected chi connectivity index (χ4v) is 1.82. The molecule has 0 unspecified atom stereocenters. The van der Waals surface area contributed by atoms with E-state index in [1.165, 1.54) is 0 Å². The van der Waals surface area contributed by atoms with Crippen LogP contribution in [0.4, 0.5) is 0 Å². The van der Waals surface area contributed by atoms with Gasteiger partial charge in [-0.15, -0.1) is 0 Å². The third-order valence-electron chi connectivity index (χ3n) is 2.92. The minimum Gasteiger partial charge on any atom is -0.325 e. The van der Waals surface area contributed by atoms with Gasteiger partial charge in [0.25, 0.3) is 0 Å². The summed E-state index contributed by atoms with van der Waals surface area (Å²) in [4.78, 5) is 13.7. The van der Waals surface area contributed by atoms with Crippen molar-refractivity contribution in [2.24, 2.45) is 5.92 Å². The van der Waals surface area contributed by atoms with Gasteiger partial charge in [0.2, 0.25) is 5.91 Å². The SMILES string of the molecule is N#CCN(Cc1ccccc1)C(=O)C1CNC1. The standard InChI is InChI=1S/C13H15N3O/c14-6-7-16(13(17)12-8-15-9-12)10-11-4-2-1-3-5-11/h1-5,12,15H,7-10H2. The van der Waals surface area contributed by atoms with Crippen molar-refractivity contribution in [3.8, 4) is 6.07 Å². The van der Waals surface area contributed by atoms with Crippen LogP contribution in [-0.2, 0) is 11.3 Å². The zero-order valence-corrected chi connectivity index (χ0v) is 9.60. The maximum absolute atomic E-state index is 12.1. The first-order valence-electron chi connectivity index (χ1n) is 5.71. The number of carbonyl (C=O) groups excluding carboxylic acids is 1. The van der Waals surface area contributed by atoms with Crippen molar-refractivity contribution in [2.45, 2.75) is 6.54 Å². The molecule has 4 heteroatoms. The van der Waals surface area contributed by atoms with Crippen molar-refractivity contribution in [1.29, 1.82) is 5.26 Å². The zero-order valence-electron chi connectivity index (χ0n) is 9.60. The number of nitriles is 1. The summed E-state index contributed by atoms with van der Waals surface area (Å²) in [5, 5.41) is 11.8. The molecule has 4 nitrogen and oxygen atoms in total. The molecular weight excluding hydrogens is 214 g/mol. The van der Waals surface area contributed by atoms with Crippen LogP contribution >= 0.6 is 0 Å². The van der Waals surface area contributed by atoms with Gasteiger partial charge < -0.3 is 10.2 Å². The second kappa shape index (κ2) is 5.46. The summed E-state index contributed by atoms with van der Waals surface area (Å²) in [5.74, 6) is 0.126. The van der Waals surface area contributed by atoms with Crippen LogP contribution in [0.3, 0.4) is 0 Å². The molecule has 0 aromatic heterocycles. The van der Waals surface area contributed by atoms with Gasteiger partial charge in [0.05, 0.1) is 12.0 Å². The predicted molar refractivity (Wildman–Crippen MR) is 63.8 cm³/mol. The van der Waals surface area contributed by atoms with Crippen LogP contribution in [0.1, 0.15) is 5.56 Å². The van der Waals surface area contributed by atoms with E-state index in [0.717, 1.165) is 18.7 Å². The number of rotatable bonds is 4. The Morgan fingerprint density at radius 3 is 2.65 bits per heavy atom.